The Morgan fingerprint density at radius 3 is 2.13 bits per heavy atom. The summed E-state index contributed by atoms with van der Waals surface area (Å²) >= 11 is 12.1. The fraction of sp³-hybridized carbons (Fsp3) is 0.167. The molecular weight excluding hydrogens is 433 g/mol. The molecule has 31 heavy (non-hydrogen) atoms. The molecule has 1 aliphatic heterocycles. The van der Waals surface area contributed by atoms with Crippen LogP contribution >= 0.6 is 23.2 Å². The van der Waals surface area contributed by atoms with Gasteiger partial charge in [-0.05, 0) is 48.5 Å². The van der Waals surface area contributed by atoms with Crippen molar-refractivity contribution in [3.63, 3.8) is 0 Å². The highest BCUT2D eigenvalue weighted by atomic mass is 35.5. The smallest absolute Gasteiger partial charge is 0.257 e. The highest BCUT2D eigenvalue weighted by Crippen LogP contribution is 2.28. The van der Waals surface area contributed by atoms with E-state index in [4.69, 9.17) is 23.2 Å². The molecule has 0 aromatic heterocycles. The molecule has 3 aromatic rings. The lowest BCUT2D eigenvalue weighted by molar-refractivity contribution is 0.0746. The highest BCUT2D eigenvalue weighted by Gasteiger charge is 2.24. The van der Waals surface area contributed by atoms with Gasteiger partial charge in [-0.1, -0.05) is 47.5 Å². The number of rotatable bonds is 4. The van der Waals surface area contributed by atoms with Crippen molar-refractivity contribution in [1.82, 2.24) is 4.90 Å². The van der Waals surface area contributed by atoms with Gasteiger partial charge >= 0.3 is 0 Å². The number of halogens is 2. The van der Waals surface area contributed by atoms with Gasteiger partial charge < -0.3 is 15.1 Å². The second-order valence-electron chi connectivity index (χ2n) is 7.24. The summed E-state index contributed by atoms with van der Waals surface area (Å²) in [7, 11) is 0. The Morgan fingerprint density at radius 1 is 0.774 bits per heavy atom. The molecule has 1 heterocycles. The van der Waals surface area contributed by atoms with E-state index in [2.05, 4.69) is 10.2 Å². The predicted octanol–water partition coefficient (Wildman–Crippen LogP) is 5.21. The zero-order valence-corrected chi connectivity index (χ0v) is 18.2. The van der Waals surface area contributed by atoms with Gasteiger partial charge in [0.1, 0.15) is 0 Å². The van der Waals surface area contributed by atoms with E-state index in [1.807, 2.05) is 29.2 Å². The van der Waals surface area contributed by atoms with Crippen LogP contribution in [-0.4, -0.2) is 42.9 Å². The van der Waals surface area contributed by atoms with E-state index in [1.165, 1.54) is 0 Å². The molecule has 1 saturated heterocycles. The van der Waals surface area contributed by atoms with Crippen LogP contribution in [-0.2, 0) is 0 Å². The molecule has 0 bridgehead atoms. The number of hydrogen-bond acceptors (Lipinski definition) is 3. The van der Waals surface area contributed by atoms with Gasteiger partial charge in [0.05, 0.1) is 22.0 Å². The summed E-state index contributed by atoms with van der Waals surface area (Å²) in [6.07, 6.45) is 0. The Labute approximate surface area is 191 Å². The van der Waals surface area contributed by atoms with Crippen LogP contribution in [0.25, 0.3) is 0 Å². The summed E-state index contributed by atoms with van der Waals surface area (Å²) in [5.74, 6) is -0.258. The summed E-state index contributed by atoms with van der Waals surface area (Å²) in [4.78, 5) is 29.5. The summed E-state index contributed by atoms with van der Waals surface area (Å²) in [6, 6.07) is 21.6. The number of carbonyl (C=O) groups is 2. The first-order chi connectivity index (χ1) is 15.0. The molecule has 2 amide bonds. The number of piperazine rings is 1. The van der Waals surface area contributed by atoms with E-state index in [9.17, 15) is 9.59 Å². The topological polar surface area (TPSA) is 52.7 Å². The van der Waals surface area contributed by atoms with Crippen LogP contribution in [0.1, 0.15) is 20.7 Å². The third-order valence-electron chi connectivity index (χ3n) is 5.27. The zero-order valence-electron chi connectivity index (χ0n) is 16.7. The van der Waals surface area contributed by atoms with E-state index >= 15 is 0 Å². The number of benzene rings is 3. The average Bonchev–Trinajstić information content (AvgIpc) is 2.80. The minimum absolute atomic E-state index is 0.00313. The molecule has 1 N–H and O–H groups in total. The van der Waals surface area contributed by atoms with Gasteiger partial charge in [-0.3, -0.25) is 9.59 Å². The summed E-state index contributed by atoms with van der Waals surface area (Å²) in [5, 5.41) is 3.99. The van der Waals surface area contributed by atoms with Crippen molar-refractivity contribution >= 4 is 46.4 Å². The molecule has 0 unspecified atom stereocenters. The molecule has 5 nitrogen and oxygen atoms in total. The third kappa shape index (κ3) is 4.84. The minimum Gasteiger partial charge on any atom is -0.366 e. The van der Waals surface area contributed by atoms with Crippen molar-refractivity contribution in [2.24, 2.45) is 0 Å². The predicted molar refractivity (Wildman–Crippen MR) is 125 cm³/mol. The number of amides is 2. The summed E-state index contributed by atoms with van der Waals surface area (Å²) in [5.41, 5.74) is 2.69. The molecule has 0 radical (unpaired) electrons. The van der Waals surface area contributed by atoms with E-state index in [0.717, 1.165) is 5.69 Å². The fourth-order valence-electron chi connectivity index (χ4n) is 3.62. The van der Waals surface area contributed by atoms with Crippen molar-refractivity contribution in [2.45, 2.75) is 0 Å². The maximum Gasteiger partial charge on any atom is 0.257 e. The van der Waals surface area contributed by atoms with Crippen LogP contribution in [0.5, 0.6) is 0 Å². The second kappa shape index (κ2) is 9.41. The fourth-order valence-corrected chi connectivity index (χ4v) is 3.96. The van der Waals surface area contributed by atoms with Crippen molar-refractivity contribution in [3.05, 3.63) is 94.0 Å². The van der Waals surface area contributed by atoms with E-state index in [1.54, 1.807) is 48.5 Å². The normalized spacial score (nSPS) is 13.7. The van der Waals surface area contributed by atoms with Crippen LogP contribution < -0.4 is 10.2 Å². The molecule has 0 aliphatic carbocycles. The Kier molecular flexibility index (Phi) is 6.44. The molecule has 3 aromatic carbocycles. The number of anilines is 2. The van der Waals surface area contributed by atoms with E-state index in [0.29, 0.717) is 53.0 Å². The maximum atomic E-state index is 12.8. The first-order valence-corrected chi connectivity index (χ1v) is 10.7. The van der Waals surface area contributed by atoms with Crippen molar-refractivity contribution in [2.75, 3.05) is 36.4 Å². The standard InChI is InChI=1S/C24H21Cl2N3O2/c25-18-11-9-17(10-12-18)24(31)29-15-13-28(14-16-29)22-8-4-3-7-21(22)27-23(30)19-5-1-2-6-20(19)26/h1-12H,13-16H2,(H,27,30). The van der Waals surface area contributed by atoms with Gasteiger partial charge in [0.25, 0.3) is 11.8 Å². The quantitative estimate of drug-likeness (QED) is 0.589. The van der Waals surface area contributed by atoms with Crippen molar-refractivity contribution in [1.29, 1.82) is 0 Å². The van der Waals surface area contributed by atoms with Gasteiger partial charge in [-0.2, -0.15) is 0 Å². The molecule has 158 valence electrons. The van der Waals surface area contributed by atoms with E-state index in [-0.39, 0.29) is 11.8 Å². The van der Waals surface area contributed by atoms with Gasteiger partial charge in [0, 0.05) is 36.8 Å². The van der Waals surface area contributed by atoms with Gasteiger partial charge in [0.15, 0.2) is 0 Å². The number of nitrogens with one attached hydrogen (secondary N) is 1. The highest BCUT2D eigenvalue weighted by molar-refractivity contribution is 6.34. The zero-order chi connectivity index (χ0) is 21.8. The third-order valence-corrected chi connectivity index (χ3v) is 5.85. The Morgan fingerprint density at radius 2 is 1.42 bits per heavy atom. The molecule has 4 rings (SSSR count). The summed E-state index contributed by atoms with van der Waals surface area (Å²) in [6.45, 7) is 2.51. The van der Waals surface area contributed by atoms with Gasteiger partial charge in [-0.15, -0.1) is 0 Å². The van der Waals surface area contributed by atoms with Crippen LogP contribution in [0.2, 0.25) is 10.0 Å². The molecule has 0 atom stereocenters. The van der Waals surface area contributed by atoms with Crippen LogP contribution in [0, 0.1) is 0 Å². The van der Waals surface area contributed by atoms with Crippen molar-refractivity contribution < 1.29 is 9.59 Å². The van der Waals surface area contributed by atoms with Crippen LogP contribution in [0.15, 0.2) is 72.8 Å². The Bertz CT molecular complexity index is 1090. The number of hydrogen-bond donors (Lipinski definition) is 1. The molecule has 1 fully saturated rings. The lowest BCUT2D eigenvalue weighted by Gasteiger charge is -2.37. The molecule has 1 aliphatic rings. The average molecular weight is 454 g/mol. The minimum atomic E-state index is -0.255. The molecule has 7 heteroatoms. The first-order valence-electron chi connectivity index (χ1n) is 9.97. The first kappa shape index (κ1) is 21.2. The Balaban J connectivity index is 1.44. The lowest BCUT2D eigenvalue weighted by atomic mass is 10.1. The number of carbonyl (C=O) groups excluding carboxylic acids is 2. The maximum absolute atomic E-state index is 12.8. The molecule has 0 saturated carbocycles. The number of para-hydroxylation sites is 2. The van der Waals surface area contributed by atoms with Gasteiger partial charge in [0.2, 0.25) is 0 Å². The number of nitrogens with zero attached hydrogens (tertiary/aromatic N) is 2. The monoisotopic (exact) mass is 453 g/mol. The van der Waals surface area contributed by atoms with Crippen LogP contribution in [0.4, 0.5) is 11.4 Å². The largest absolute Gasteiger partial charge is 0.366 e. The molecular formula is C24H21Cl2N3O2. The van der Waals surface area contributed by atoms with Crippen molar-refractivity contribution in [3.8, 4) is 0 Å². The summed E-state index contributed by atoms with van der Waals surface area (Å²) < 4.78 is 0. The van der Waals surface area contributed by atoms with Crippen LogP contribution in [0.3, 0.4) is 0 Å². The van der Waals surface area contributed by atoms with E-state index < -0.39 is 0 Å². The Hall–Kier alpha value is -3.02. The van der Waals surface area contributed by atoms with Gasteiger partial charge in [-0.25, -0.2) is 0 Å². The molecule has 0 spiro atoms. The lowest BCUT2D eigenvalue weighted by Crippen LogP contribution is -2.49. The SMILES string of the molecule is O=C(Nc1ccccc1N1CCN(C(=O)c2ccc(Cl)cc2)CC1)c1ccccc1Cl. The second-order valence-corrected chi connectivity index (χ2v) is 8.08.